The molecule has 0 aliphatic carbocycles. The van der Waals surface area contributed by atoms with Crippen LogP contribution in [0.3, 0.4) is 0 Å². The van der Waals surface area contributed by atoms with Crippen LogP contribution in [0, 0.1) is 10.1 Å². The molecule has 0 saturated carbocycles. The molecule has 8 heteroatoms. The zero-order chi connectivity index (χ0) is 16.2. The second-order valence-electron chi connectivity index (χ2n) is 5.31. The maximum atomic E-state index is 10.8. The Morgan fingerprint density at radius 2 is 2.17 bits per heavy atom. The summed E-state index contributed by atoms with van der Waals surface area (Å²) in [6.07, 6.45) is 3.10. The topological polar surface area (TPSA) is 107 Å². The quantitative estimate of drug-likeness (QED) is 0.664. The number of hydrogen-bond acceptors (Lipinski definition) is 7. The summed E-state index contributed by atoms with van der Waals surface area (Å²) in [6.45, 7) is 1.28. The van der Waals surface area contributed by atoms with Gasteiger partial charge in [-0.25, -0.2) is 4.98 Å². The van der Waals surface area contributed by atoms with Gasteiger partial charge in [0.2, 0.25) is 11.8 Å². The number of para-hydroxylation sites is 1. The van der Waals surface area contributed by atoms with Gasteiger partial charge in [0.25, 0.3) is 0 Å². The van der Waals surface area contributed by atoms with Crippen LogP contribution in [-0.2, 0) is 0 Å². The summed E-state index contributed by atoms with van der Waals surface area (Å²) in [5, 5.41) is 10.8. The van der Waals surface area contributed by atoms with Gasteiger partial charge < -0.3 is 15.4 Å². The fourth-order valence-corrected chi connectivity index (χ4v) is 2.64. The lowest BCUT2D eigenvalue weighted by molar-refractivity contribution is -0.384. The number of nitrogens with zero attached hydrogens (tertiary/aromatic N) is 4. The zero-order valence-electron chi connectivity index (χ0n) is 12.5. The summed E-state index contributed by atoms with van der Waals surface area (Å²) in [5.41, 5.74) is 5.38. The molecule has 1 aromatic heterocycles. The van der Waals surface area contributed by atoms with Gasteiger partial charge >= 0.3 is 5.69 Å². The Labute approximate surface area is 133 Å². The second kappa shape index (κ2) is 6.47. The summed E-state index contributed by atoms with van der Waals surface area (Å²) in [4.78, 5) is 20.4. The Morgan fingerprint density at radius 3 is 2.87 bits per heavy atom. The van der Waals surface area contributed by atoms with E-state index < -0.39 is 4.92 Å². The molecule has 3 rings (SSSR count). The molecule has 120 valence electrons. The first-order valence-corrected chi connectivity index (χ1v) is 7.36. The van der Waals surface area contributed by atoms with Crippen LogP contribution in [-0.4, -0.2) is 34.1 Å². The molecule has 1 aliphatic heterocycles. The molecule has 1 atom stereocenters. The van der Waals surface area contributed by atoms with Crippen molar-refractivity contribution in [3.8, 4) is 5.75 Å². The van der Waals surface area contributed by atoms with E-state index in [4.69, 9.17) is 10.5 Å². The van der Waals surface area contributed by atoms with E-state index in [1.54, 1.807) is 0 Å². The smallest absolute Gasteiger partial charge is 0.329 e. The normalized spacial score (nSPS) is 17.2. The molecule has 0 bridgehead atoms. The lowest BCUT2D eigenvalue weighted by Crippen LogP contribution is -2.35. The molecular weight excluding hydrogens is 298 g/mol. The molecule has 1 unspecified atom stereocenters. The number of ether oxygens (including phenoxy) is 1. The maximum Gasteiger partial charge on any atom is 0.329 e. The highest BCUT2D eigenvalue weighted by molar-refractivity contribution is 5.54. The number of rotatable bonds is 5. The minimum atomic E-state index is -0.584. The first-order valence-electron chi connectivity index (χ1n) is 7.36. The van der Waals surface area contributed by atoms with Crippen LogP contribution in [0.4, 0.5) is 17.5 Å². The van der Waals surface area contributed by atoms with Crippen molar-refractivity contribution >= 4 is 17.5 Å². The highest BCUT2D eigenvalue weighted by Crippen LogP contribution is 2.26. The van der Waals surface area contributed by atoms with Gasteiger partial charge in [0.15, 0.2) is 0 Å². The highest BCUT2D eigenvalue weighted by Gasteiger charge is 2.28. The van der Waals surface area contributed by atoms with Crippen molar-refractivity contribution in [2.75, 3.05) is 23.8 Å². The van der Waals surface area contributed by atoms with Crippen molar-refractivity contribution in [1.82, 2.24) is 9.97 Å². The van der Waals surface area contributed by atoms with E-state index in [1.165, 1.54) is 0 Å². The molecule has 1 fully saturated rings. The van der Waals surface area contributed by atoms with E-state index in [0.29, 0.717) is 12.6 Å². The molecule has 0 amide bonds. The standard InChI is InChI=1S/C15H17N5O3/c16-14-13(20(21)22)9-17-15(18-14)19-8-4-5-11(19)10-23-12-6-2-1-3-7-12/h1-3,6-7,9,11H,4-5,8,10H2,(H2,16,17,18). The first-order chi connectivity index (χ1) is 11.1. The van der Waals surface area contributed by atoms with Crippen molar-refractivity contribution in [3.63, 3.8) is 0 Å². The second-order valence-corrected chi connectivity index (χ2v) is 5.31. The number of nitro groups is 1. The molecule has 1 saturated heterocycles. The Balaban J connectivity index is 1.71. The van der Waals surface area contributed by atoms with Gasteiger partial charge in [0.05, 0.1) is 11.0 Å². The average Bonchev–Trinajstić information content (AvgIpc) is 3.02. The summed E-state index contributed by atoms with van der Waals surface area (Å²) in [7, 11) is 0. The fourth-order valence-electron chi connectivity index (χ4n) is 2.64. The third-order valence-corrected chi connectivity index (χ3v) is 3.80. The average molecular weight is 315 g/mol. The summed E-state index contributed by atoms with van der Waals surface area (Å²) >= 11 is 0. The van der Waals surface area contributed by atoms with Gasteiger partial charge in [-0.3, -0.25) is 10.1 Å². The van der Waals surface area contributed by atoms with Crippen molar-refractivity contribution in [1.29, 1.82) is 0 Å². The van der Waals surface area contributed by atoms with Crippen LogP contribution in [0.2, 0.25) is 0 Å². The molecule has 2 N–H and O–H groups in total. The van der Waals surface area contributed by atoms with E-state index in [2.05, 4.69) is 9.97 Å². The lowest BCUT2D eigenvalue weighted by Gasteiger charge is -2.24. The molecule has 1 aliphatic rings. The van der Waals surface area contributed by atoms with Crippen molar-refractivity contribution < 1.29 is 9.66 Å². The minimum Gasteiger partial charge on any atom is -0.491 e. The molecule has 0 radical (unpaired) electrons. The van der Waals surface area contributed by atoms with Crippen molar-refractivity contribution in [2.24, 2.45) is 0 Å². The largest absolute Gasteiger partial charge is 0.491 e. The van der Waals surface area contributed by atoms with E-state index >= 15 is 0 Å². The number of nitrogen functional groups attached to an aromatic ring is 1. The van der Waals surface area contributed by atoms with E-state index in [9.17, 15) is 10.1 Å². The van der Waals surface area contributed by atoms with Crippen LogP contribution in [0.25, 0.3) is 0 Å². The molecule has 23 heavy (non-hydrogen) atoms. The summed E-state index contributed by atoms with van der Waals surface area (Å²) < 4.78 is 5.80. The molecule has 8 nitrogen and oxygen atoms in total. The van der Waals surface area contributed by atoms with Gasteiger partial charge in [-0.1, -0.05) is 18.2 Å². The van der Waals surface area contributed by atoms with E-state index in [-0.39, 0.29) is 17.5 Å². The Hall–Kier alpha value is -2.90. The molecule has 1 aromatic carbocycles. The summed E-state index contributed by atoms with van der Waals surface area (Å²) in [5.74, 6) is 1.10. The zero-order valence-corrected chi connectivity index (χ0v) is 12.5. The number of hydrogen-bond donors (Lipinski definition) is 1. The lowest BCUT2D eigenvalue weighted by atomic mass is 10.2. The highest BCUT2D eigenvalue weighted by atomic mass is 16.6. The third-order valence-electron chi connectivity index (χ3n) is 3.80. The van der Waals surface area contributed by atoms with Gasteiger partial charge in [-0.15, -0.1) is 0 Å². The van der Waals surface area contributed by atoms with Crippen LogP contribution < -0.4 is 15.4 Å². The van der Waals surface area contributed by atoms with Crippen LogP contribution >= 0.6 is 0 Å². The minimum absolute atomic E-state index is 0.116. The Morgan fingerprint density at radius 1 is 1.39 bits per heavy atom. The molecule has 2 aromatic rings. The number of anilines is 2. The third kappa shape index (κ3) is 3.31. The fraction of sp³-hybridized carbons (Fsp3) is 0.333. The molecular formula is C15H17N5O3. The van der Waals surface area contributed by atoms with Gasteiger partial charge in [-0.2, -0.15) is 4.98 Å². The van der Waals surface area contributed by atoms with E-state index in [0.717, 1.165) is 31.3 Å². The van der Waals surface area contributed by atoms with Crippen LogP contribution in [0.5, 0.6) is 5.75 Å². The van der Waals surface area contributed by atoms with Gasteiger partial charge in [-0.05, 0) is 25.0 Å². The number of benzene rings is 1. The predicted octanol–water partition coefficient (Wildman–Crippen LogP) is 2.01. The Kier molecular flexibility index (Phi) is 4.22. The predicted molar refractivity (Wildman–Crippen MR) is 85.4 cm³/mol. The SMILES string of the molecule is Nc1nc(N2CCCC2COc2ccccc2)ncc1[N+](=O)[O-]. The Bertz CT molecular complexity index is 695. The van der Waals surface area contributed by atoms with Crippen molar-refractivity contribution in [3.05, 3.63) is 46.6 Å². The van der Waals surface area contributed by atoms with Crippen LogP contribution in [0.15, 0.2) is 36.5 Å². The molecule has 0 spiro atoms. The van der Waals surface area contributed by atoms with Crippen LogP contribution in [0.1, 0.15) is 12.8 Å². The number of aromatic nitrogens is 2. The summed E-state index contributed by atoms with van der Waals surface area (Å²) in [6, 6.07) is 9.70. The maximum absolute atomic E-state index is 10.8. The monoisotopic (exact) mass is 315 g/mol. The van der Waals surface area contributed by atoms with Gasteiger partial charge in [0, 0.05) is 6.54 Å². The number of nitrogens with two attached hydrogens (primary N) is 1. The van der Waals surface area contributed by atoms with Crippen molar-refractivity contribution in [2.45, 2.75) is 18.9 Å². The van der Waals surface area contributed by atoms with Gasteiger partial charge in [0.1, 0.15) is 18.6 Å². The first kappa shape index (κ1) is 15.0. The van der Waals surface area contributed by atoms with E-state index in [1.807, 2.05) is 35.2 Å². The molecule has 2 heterocycles.